The summed E-state index contributed by atoms with van der Waals surface area (Å²) in [6.07, 6.45) is 1.27. The SMILES string of the molecule is O=C(O)/C(=C/c1ccc(Oc2cc(F)ccc2F)cc1)NC(=O)c1ccccc1. The van der Waals surface area contributed by atoms with Gasteiger partial charge in [-0.25, -0.2) is 13.6 Å². The number of nitrogens with one attached hydrogen (secondary N) is 1. The molecule has 0 aliphatic heterocycles. The van der Waals surface area contributed by atoms with E-state index in [1.54, 1.807) is 30.3 Å². The summed E-state index contributed by atoms with van der Waals surface area (Å²) in [5, 5.41) is 11.7. The highest BCUT2D eigenvalue weighted by atomic mass is 19.1. The standard InChI is InChI=1S/C22H15F2NO4/c23-16-8-11-18(24)20(13-16)29-17-9-6-14(7-10-17)12-19(22(27)28)25-21(26)15-4-2-1-3-5-15/h1-13H,(H,25,26)(H,27,28)/b19-12-. The minimum Gasteiger partial charge on any atom is -0.477 e. The molecule has 0 aromatic heterocycles. The van der Waals surface area contributed by atoms with E-state index in [-0.39, 0.29) is 17.2 Å². The van der Waals surface area contributed by atoms with E-state index in [1.165, 1.54) is 30.3 Å². The van der Waals surface area contributed by atoms with Crippen LogP contribution in [0.1, 0.15) is 15.9 Å². The van der Waals surface area contributed by atoms with Gasteiger partial charge in [-0.1, -0.05) is 30.3 Å². The summed E-state index contributed by atoms with van der Waals surface area (Å²) in [5.41, 5.74) is 0.465. The maximum atomic E-state index is 13.7. The van der Waals surface area contributed by atoms with E-state index in [0.717, 1.165) is 18.2 Å². The van der Waals surface area contributed by atoms with E-state index in [4.69, 9.17) is 4.74 Å². The van der Waals surface area contributed by atoms with Gasteiger partial charge in [0.25, 0.3) is 5.91 Å². The number of amides is 1. The lowest BCUT2D eigenvalue weighted by atomic mass is 10.1. The molecular formula is C22H15F2NO4. The third-order valence-corrected chi connectivity index (χ3v) is 3.83. The monoisotopic (exact) mass is 395 g/mol. The topological polar surface area (TPSA) is 75.6 Å². The number of benzene rings is 3. The Morgan fingerprint density at radius 2 is 1.62 bits per heavy atom. The fourth-order valence-electron chi connectivity index (χ4n) is 2.42. The molecule has 1 amide bonds. The van der Waals surface area contributed by atoms with Crippen molar-refractivity contribution >= 4 is 18.0 Å². The summed E-state index contributed by atoms with van der Waals surface area (Å²) >= 11 is 0. The van der Waals surface area contributed by atoms with Crippen LogP contribution in [0.25, 0.3) is 6.08 Å². The third kappa shape index (κ3) is 5.26. The Morgan fingerprint density at radius 1 is 0.931 bits per heavy atom. The molecule has 3 aromatic rings. The quantitative estimate of drug-likeness (QED) is 0.598. The van der Waals surface area contributed by atoms with Crippen molar-refractivity contribution in [2.45, 2.75) is 0 Å². The van der Waals surface area contributed by atoms with Crippen LogP contribution in [-0.2, 0) is 4.79 Å². The van der Waals surface area contributed by atoms with E-state index in [9.17, 15) is 23.5 Å². The van der Waals surface area contributed by atoms with Gasteiger partial charge in [0.2, 0.25) is 0 Å². The van der Waals surface area contributed by atoms with E-state index >= 15 is 0 Å². The Balaban J connectivity index is 1.76. The Bertz CT molecular complexity index is 1060. The van der Waals surface area contributed by atoms with Crippen LogP contribution in [0.5, 0.6) is 11.5 Å². The second kappa shape index (κ2) is 8.79. The summed E-state index contributed by atoms with van der Waals surface area (Å²) in [6, 6.07) is 17.0. The molecule has 146 valence electrons. The normalized spacial score (nSPS) is 11.0. The smallest absolute Gasteiger partial charge is 0.352 e. The van der Waals surface area contributed by atoms with Gasteiger partial charge in [0, 0.05) is 11.6 Å². The second-order valence-electron chi connectivity index (χ2n) is 5.93. The van der Waals surface area contributed by atoms with Gasteiger partial charge in [-0.05, 0) is 48.0 Å². The molecule has 0 atom stereocenters. The molecule has 0 bridgehead atoms. The molecular weight excluding hydrogens is 380 g/mol. The van der Waals surface area contributed by atoms with Crippen LogP contribution in [0.3, 0.4) is 0 Å². The van der Waals surface area contributed by atoms with Crippen LogP contribution in [0, 0.1) is 11.6 Å². The molecule has 3 rings (SSSR count). The largest absolute Gasteiger partial charge is 0.477 e. The zero-order valence-corrected chi connectivity index (χ0v) is 14.9. The summed E-state index contributed by atoms with van der Waals surface area (Å²) in [5.74, 6) is -3.25. The van der Waals surface area contributed by atoms with Gasteiger partial charge < -0.3 is 15.2 Å². The molecule has 0 aliphatic rings. The fourth-order valence-corrected chi connectivity index (χ4v) is 2.42. The first kappa shape index (κ1) is 19.8. The Kier molecular flexibility index (Phi) is 5.99. The van der Waals surface area contributed by atoms with Crippen LogP contribution in [0.4, 0.5) is 8.78 Å². The number of carbonyl (C=O) groups excluding carboxylic acids is 1. The van der Waals surface area contributed by atoms with E-state index in [0.29, 0.717) is 11.1 Å². The molecule has 0 unspecified atom stereocenters. The Morgan fingerprint density at radius 3 is 2.28 bits per heavy atom. The number of carbonyl (C=O) groups is 2. The van der Waals surface area contributed by atoms with Crippen LogP contribution < -0.4 is 10.1 Å². The van der Waals surface area contributed by atoms with Crippen molar-refractivity contribution < 1.29 is 28.2 Å². The van der Waals surface area contributed by atoms with Crippen molar-refractivity contribution in [2.75, 3.05) is 0 Å². The van der Waals surface area contributed by atoms with Gasteiger partial charge in [0.15, 0.2) is 11.6 Å². The van der Waals surface area contributed by atoms with Crippen LogP contribution in [-0.4, -0.2) is 17.0 Å². The fraction of sp³-hybridized carbons (Fsp3) is 0. The lowest BCUT2D eigenvalue weighted by Crippen LogP contribution is -2.27. The number of aliphatic carboxylic acids is 1. The highest BCUT2D eigenvalue weighted by molar-refractivity contribution is 6.02. The minimum absolute atomic E-state index is 0.233. The van der Waals surface area contributed by atoms with E-state index in [2.05, 4.69) is 5.32 Å². The predicted octanol–water partition coefficient (Wildman–Crippen LogP) is 4.61. The zero-order valence-electron chi connectivity index (χ0n) is 14.9. The Labute approximate surface area is 164 Å². The zero-order chi connectivity index (χ0) is 20.8. The van der Waals surface area contributed by atoms with Crippen LogP contribution in [0.2, 0.25) is 0 Å². The van der Waals surface area contributed by atoms with E-state index < -0.39 is 23.5 Å². The maximum absolute atomic E-state index is 13.7. The van der Waals surface area contributed by atoms with Gasteiger partial charge in [0.05, 0.1) is 0 Å². The molecule has 7 heteroatoms. The molecule has 0 heterocycles. The van der Waals surface area contributed by atoms with Crippen LogP contribution >= 0.6 is 0 Å². The lowest BCUT2D eigenvalue weighted by Gasteiger charge is -2.08. The summed E-state index contributed by atoms with van der Waals surface area (Å²) in [7, 11) is 0. The average Bonchev–Trinajstić information content (AvgIpc) is 2.72. The van der Waals surface area contributed by atoms with Crippen molar-refractivity contribution in [3.63, 3.8) is 0 Å². The van der Waals surface area contributed by atoms with Crippen LogP contribution in [0.15, 0.2) is 78.5 Å². The first-order valence-corrected chi connectivity index (χ1v) is 8.47. The number of hydrogen-bond donors (Lipinski definition) is 2. The van der Waals surface area contributed by atoms with Gasteiger partial charge in [-0.3, -0.25) is 4.79 Å². The number of hydrogen-bond acceptors (Lipinski definition) is 3. The first-order valence-electron chi connectivity index (χ1n) is 8.47. The average molecular weight is 395 g/mol. The molecule has 0 saturated carbocycles. The number of carboxylic acid groups (broad SMARTS) is 1. The van der Waals surface area contributed by atoms with Gasteiger partial charge >= 0.3 is 5.97 Å². The summed E-state index contributed by atoms with van der Waals surface area (Å²) in [6.45, 7) is 0. The molecule has 5 nitrogen and oxygen atoms in total. The van der Waals surface area contributed by atoms with Crippen molar-refractivity contribution in [3.8, 4) is 11.5 Å². The maximum Gasteiger partial charge on any atom is 0.352 e. The highest BCUT2D eigenvalue weighted by Crippen LogP contribution is 2.25. The lowest BCUT2D eigenvalue weighted by molar-refractivity contribution is -0.132. The Hall–Kier alpha value is -4.00. The highest BCUT2D eigenvalue weighted by Gasteiger charge is 2.13. The molecule has 2 N–H and O–H groups in total. The predicted molar refractivity (Wildman–Crippen MR) is 102 cm³/mol. The number of rotatable bonds is 6. The molecule has 0 saturated heterocycles. The van der Waals surface area contributed by atoms with Gasteiger partial charge in [0.1, 0.15) is 17.3 Å². The molecule has 0 spiro atoms. The first-order chi connectivity index (χ1) is 13.9. The van der Waals surface area contributed by atoms with Crippen molar-refractivity contribution in [1.82, 2.24) is 5.32 Å². The second-order valence-corrected chi connectivity index (χ2v) is 5.93. The number of carboxylic acids is 1. The molecule has 0 radical (unpaired) electrons. The minimum atomic E-state index is -1.31. The molecule has 3 aromatic carbocycles. The van der Waals surface area contributed by atoms with Crippen molar-refractivity contribution in [2.24, 2.45) is 0 Å². The molecule has 29 heavy (non-hydrogen) atoms. The molecule has 0 aliphatic carbocycles. The van der Waals surface area contributed by atoms with Gasteiger partial charge in [-0.2, -0.15) is 0 Å². The molecule has 0 fully saturated rings. The number of halogens is 2. The summed E-state index contributed by atoms with van der Waals surface area (Å²) in [4.78, 5) is 23.6. The van der Waals surface area contributed by atoms with E-state index in [1.807, 2.05) is 0 Å². The van der Waals surface area contributed by atoms with Gasteiger partial charge in [-0.15, -0.1) is 0 Å². The van der Waals surface area contributed by atoms with Crippen molar-refractivity contribution in [1.29, 1.82) is 0 Å². The number of ether oxygens (including phenoxy) is 1. The summed E-state index contributed by atoms with van der Waals surface area (Å²) < 4.78 is 32.2. The van der Waals surface area contributed by atoms with Crippen molar-refractivity contribution in [3.05, 3.63) is 101 Å². The third-order valence-electron chi connectivity index (χ3n) is 3.83.